The van der Waals surface area contributed by atoms with Crippen molar-refractivity contribution in [3.63, 3.8) is 0 Å². The van der Waals surface area contributed by atoms with Crippen molar-refractivity contribution in [3.05, 3.63) is 71.5 Å². The van der Waals surface area contributed by atoms with Gasteiger partial charge in [-0.3, -0.25) is 4.79 Å². The van der Waals surface area contributed by atoms with Crippen LogP contribution in [-0.4, -0.2) is 102 Å². The van der Waals surface area contributed by atoms with Crippen molar-refractivity contribution in [2.45, 2.75) is 86.5 Å². The minimum Gasteiger partial charge on any atom is -0.492 e. The van der Waals surface area contributed by atoms with Crippen molar-refractivity contribution in [3.8, 4) is 5.75 Å². The third-order valence-corrected chi connectivity index (χ3v) is 12.2. The number of benzene rings is 2. The highest BCUT2D eigenvalue weighted by molar-refractivity contribution is 7.89. The number of aromatic nitrogens is 3. The molecule has 1 amide bonds. The number of fused-ring (bicyclic) bond motifs is 2. The van der Waals surface area contributed by atoms with Gasteiger partial charge in [0, 0.05) is 57.3 Å². The van der Waals surface area contributed by atoms with Crippen LogP contribution in [0.3, 0.4) is 0 Å². The van der Waals surface area contributed by atoms with E-state index >= 15 is 0 Å². The van der Waals surface area contributed by atoms with Crippen LogP contribution in [0, 0.1) is 0 Å². The van der Waals surface area contributed by atoms with Crippen LogP contribution in [0.4, 0.5) is 13.2 Å². The van der Waals surface area contributed by atoms with E-state index in [-0.39, 0.29) is 31.9 Å². The molecule has 16 heteroatoms. The van der Waals surface area contributed by atoms with Crippen LogP contribution >= 0.6 is 0 Å². The Morgan fingerprint density at radius 3 is 2.52 bits per heavy atom. The number of amides is 1. The molecule has 4 aliphatic rings. The van der Waals surface area contributed by atoms with Gasteiger partial charge < -0.3 is 24.4 Å². The Balaban J connectivity index is 1.13. The molecule has 2 atom stereocenters. The summed E-state index contributed by atoms with van der Waals surface area (Å²) >= 11 is 0. The molecular weight excluding hydrogens is 677 g/mol. The summed E-state index contributed by atoms with van der Waals surface area (Å²) in [6.07, 6.45) is -0.273. The van der Waals surface area contributed by atoms with Gasteiger partial charge in [-0.25, -0.2) is 13.1 Å². The maximum Gasteiger partial charge on any atom is 0.416 e. The van der Waals surface area contributed by atoms with Gasteiger partial charge in [0.15, 0.2) is 0 Å². The zero-order valence-corrected chi connectivity index (χ0v) is 28.4. The Morgan fingerprint density at radius 2 is 1.78 bits per heavy atom. The molecule has 0 saturated carbocycles. The predicted molar refractivity (Wildman–Crippen MR) is 174 cm³/mol. The fourth-order valence-electron chi connectivity index (χ4n) is 7.49. The van der Waals surface area contributed by atoms with E-state index in [1.54, 1.807) is 10.9 Å². The van der Waals surface area contributed by atoms with E-state index in [2.05, 4.69) is 20.5 Å². The lowest BCUT2D eigenvalue weighted by atomic mass is 9.83. The van der Waals surface area contributed by atoms with Crippen LogP contribution in [0.1, 0.15) is 55.3 Å². The number of rotatable bonds is 6. The van der Waals surface area contributed by atoms with E-state index in [1.165, 1.54) is 0 Å². The number of ether oxygens (including phenoxy) is 3. The van der Waals surface area contributed by atoms with Gasteiger partial charge in [0.05, 0.1) is 37.6 Å². The number of alkyl halides is 3. The van der Waals surface area contributed by atoms with Crippen molar-refractivity contribution in [2.75, 3.05) is 39.5 Å². The second-order valence-corrected chi connectivity index (χ2v) is 15.4. The van der Waals surface area contributed by atoms with Gasteiger partial charge in [-0.2, -0.15) is 17.5 Å². The molecule has 2 aromatic carbocycles. The van der Waals surface area contributed by atoms with Gasteiger partial charge in [0.25, 0.3) is 0 Å². The number of carbonyl (C=O) groups excluding carboxylic acids is 1. The van der Waals surface area contributed by atoms with Gasteiger partial charge >= 0.3 is 6.18 Å². The molecular formula is C34H41F3N6O6S. The average Bonchev–Trinajstić information content (AvgIpc) is 3.75. The minimum absolute atomic E-state index is 0.00554. The lowest BCUT2D eigenvalue weighted by Gasteiger charge is -2.46. The molecule has 5 heterocycles. The van der Waals surface area contributed by atoms with Crippen molar-refractivity contribution in [1.82, 2.24) is 29.5 Å². The van der Waals surface area contributed by atoms with E-state index in [0.29, 0.717) is 56.8 Å². The van der Waals surface area contributed by atoms with Gasteiger partial charge in [-0.05, 0) is 49.4 Å². The molecule has 3 saturated heterocycles. The van der Waals surface area contributed by atoms with Gasteiger partial charge in [-0.15, -0.1) is 5.10 Å². The van der Waals surface area contributed by atoms with Gasteiger partial charge in [-0.1, -0.05) is 35.5 Å². The number of nitrogens with zero attached hydrogens (tertiary/aromatic N) is 5. The molecule has 4 aliphatic heterocycles. The molecule has 0 bridgehead atoms. The van der Waals surface area contributed by atoms with Gasteiger partial charge in [0.1, 0.15) is 22.4 Å². The summed E-state index contributed by atoms with van der Waals surface area (Å²) in [5, 5.41) is 11.5. The Labute approximate surface area is 288 Å². The molecule has 50 heavy (non-hydrogen) atoms. The third kappa shape index (κ3) is 7.54. The summed E-state index contributed by atoms with van der Waals surface area (Å²) in [5.74, 6) is -0.677. The Morgan fingerprint density at radius 1 is 1.02 bits per heavy atom. The number of piperidine rings is 1. The first-order valence-corrected chi connectivity index (χ1v) is 18.5. The summed E-state index contributed by atoms with van der Waals surface area (Å²) < 4.78 is 90.2. The number of hydrogen-bond acceptors (Lipinski definition) is 9. The monoisotopic (exact) mass is 718 g/mol. The van der Waals surface area contributed by atoms with Crippen molar-refractivity contribution < 1.29 is 40.6 Å². The Kier molecular flexibility index (Phi) is 9.91. The molecule has 0 aliphatic carbocycles. The predicted octanol–water partition coefficient (Wildman–Crippen LogP) is 3.61. The summed E-state index contributed by atoms with van der Waals surface area (Å²) in [5.41, 5.74) is -0.252. The molecule has 12 nitrogen and oxygen atoms in total. The van der Waals surface area contributed by atoms with E-state index in [9.17, 15) is 26.4 Å². The standard InChI is InChI=1S/C34H41F3N6O6S/c35-34(36,37)25-6-7-30-31(18-25)50(45,46)43-22-28(49-23-26-21-42(40-39-26)20-24-4-2-1-3-5-24)19-29(43)32(44)38-33(12-17-48-30)10-13-41(14-11-33)27-8-15-47-16-9-27/h1-7,18,21,27-29H,8-17,19-20,22-23H2,(H,38,44)/t28-,29+/m1/s1. The maximum absolute atomic E-state index is 14.2. The van der Waals surface area contributed by atoms with Crippen LogP contribution < -0.4 is 10.1 Å². The lowest BCUT2D eigenvalue weighted by molar-refractivity contribution is -0.137. The molecule has 0 radical (unpaired) electrons. The third-order valence-electron chi connectivity index (χ3n) is 10.3. The normalized spacial score (nSPS) is 24.9. The first-order valence-electron chi connectivity index (χ1n) is 17.0. The number of nitrogens with one attached hydrogen (secondary N) is 1. The number of hydrogen-bond donors (Lipinski definition) is 1. The van der Waals surface area contributed by atoms with E-state index in [0.717, 1.165) is 47.9 Å². The van der Waals surface area contributed by atoms with Crippen molar-refractivity contribution in [1.29, 1.82) is 0 Å². The zero-order chi connectivity index (χ0) is 34.9. The first-order chi connectivity index (χ1) is 24.0. The minimum atomic E-state index is -4.79. The molecule has 3 fully saturated rings. The largest absolute Gasteiger partial charge is 0.492 e. The average molecular weight is 719 g/mol. The van der Waals surface area contributed by atoms with Crippen LogP contribution in [0.15, 0.2) is 59.6 Å². The second-order valence-electron chi connectivity index (χ2n) is 13.6. The SMILES string of the molecule is O=C1NC2(CCOc3ccc(C(F)(F)F)cc3S(=O)(=O)N3C[C@H](OCc4cn(Cc5ccccc5)nn4)C[C@@H]13)CCN(C1CCOCC1)CC2. The highest BCUT2D eigenvalue weighted by Gasteiger charge is 2.49. The molecule has 1 aromatic heterocycles. The quantitative estimate of drug-likeness (QED) is 0.407. The van der Waals surface area contributed by atoms with Crippen LogP contribution in [0.2, 0.25) is 0 Å². The molecule has 3 aromatic rings. The van der Waals surface area contributed by atoms with Crippen LogP contribution in [0.25, 0.3) is 0 Å². The highest BCUT2D eigenvalue weighted by atomic mass is 32.2. The Bertz CT molecular complexity index is 1760. The summed E-state index contributed by atoms with van der Waals surface area (Å²) in [4.78, 5) is 16.0. The topological polar surface area (TPSA) is 128 Å². The first kappa shape index (κ1) is 34.9. The maximum atomic E-state index is 14.2. The summed E-state index contributed by atoms with van der Waals surface area (Å²) in [6, 6.07) is 11.4. The van der Waals surface area contributed by atoms with E-state index in [4.69, 9.17) is 14.2 Å². The van der Waals surface area contributed by atoms with E-state index in [1.807, 2.05) is 30.3 Å². The summed E-state index contributed by atoms with van der Waals surface area (Å²) in [7, 11) is -4.65. The van der Waals surface area contributed by atoms with Gasteiger partial charge in [0.2, 0.25) is 15.9 Å². The number of carbonyl (C=O) groups is 1. The Hall–Kier alpha value is -3.57. The number of likely N-dealkylation sites (tertiary alicyclic amines) is 1. The molecule has 7 rings (SSSR count). The highest BCUT2D eigenvalue weighted by Crippen LogP contribution is 2.39. The second kappa shape index (κ2) is 14.2. The lowest BCUT2D eigenvalue weighted by Crippen LogP contribution is -2.60. The molecule has 1 N–H and O–H groups in total. The van der Waals surface area contributed by atoms with Crippen LogP contribution in [0.5, 0.6) is 5.75 Å². The smallest absolute Gasteiger partial charge is 0.416 e. The van der Waals surface area contributed by atoms with E-state index < -0.39 is 50.3 Å². The molecule has 1 spiro atoms. The van der Waals surface area contributed by atoms with Crippen molar-refractivity contribution in [2.24, 2.45) is 0 Å². The van der Waals surface area contributed by atoms with Crippen LogP contribution in [-0.2, 0) is 43.6 Å². The fraction of sp³-hybridized carbons (Fsp3) is 0.559. The zero-order valence-electron chi connectivity index (χ0n) is 27.6. The fourth-order valence-corrected chi connectivity index (χ4v) is 9.28. The van der Waals surface area contributed by atoms with Crippen molar-refractivity contribution >= 4 is 15.9 Å². The molecule has 270 valence electrons. The number of halogens is 3. The molecule has 0 unspecified atom stereocenters. The summed E-state index contributed by atoms with van der Waals surface area (Å²) in [6.45, 7) is 3.19. The number of sulfonamides is 1.